The van der Waals surface area contributed by atoms with Crippen LogP contribution < -0.4 is 10.2 Å². The van der Waals surface area contributed by atoms with Crippen molar-refractivity contribution >= 4 is 23.5 Å². The Bertz CT molecular complexity index is 685. The maximum Gasteiger partial charge on any atom is 0.248 e. The Balaban J connectivity index is 2.02. The Kier molecular flexibility index (Phi) is 7.64. The molecule has 7 nitrogen and oxygen atoms in total. The Morgan fingerprint density at radius 2 is 1.89 bits per heavy atom. The van der Waals surface area contributed by atoms with Gasteiger partial charge >= 0.3 is 0 Å². The third-order valence-electron chi connectivity index (χ3n) is 4.74. The summed E-state index contributed by atoms with van der Waals surface area (Å²) in [5.41, 5.74) is 2.18. The third-order valence-corrected chi connectivity index (χ3v) is 4.74. The van der Waals surface area contributed by atoms with Gasteiger partial charge in [0.25, 0.3) is 0 Å². The number of guanidine groups is 1. The van der Waals surface area contributed by atoms with Gasteiger partial charge in [0.1, 0.15) is 6.54 Å². The van der Waals surface area contributed by atoms with E-state index in [1.165, 1.54) is 5.56 Å². The van der Waals surface area contributed by atoms with Gasteiger partial charge in [0.2, 0.25) is 11.8 Å². The molecule has 0 saturated heterocycles. The lowest BCUT2D eigenvalue weighted by atomic mass is 10.2. The van der Waals surface area contributed by atoms with E-state index in [2.05, 4.69) is 16.4 Å². The summed E-state index contributed by atoms with van der Waals surface area (Å²) < 4.78 is 0. The van der Waals surface area contributed by atoms with E-state index in [9.17, 15) is 9.59 Å². The Hall–Kier alpha value is -2.57. The van der Waals surface area contributed by atoms with Gasteiger partial charge in [0.05, 0.1) is 6.54 Å². The normalized spacial score (nSPS) is 13.3. The minimum atomic E-state index is -0.0289. The molecule has 0 radical (unpaired) electrons. The zero-order valence-electron chi connectivity index (χ0n) is 16.9. The molecule has 1 aliphatic rings. The van der Waals surface area contributed by atoms with Gasteiger partial charge in [-0.15, -0.1) is 0 Å². The number of fused-ring (bicyclic) bond motifs is 1. The van der Waals surface area contributed by atoms with Crippen molar-refractivity contribution in [3.63, 3.8) is 0 Å². The number of carbonyl (C=O) groups excluding carboxylic acids is 2. The first-order chi connectivity index (χ1) is 13.0. The van der Waals surface area contributed by atoms with Crippen LogP contribution in [0.15, 0.2) is 29.3 Å². The number of nitrogens with zero attached hydrogens (tertiary/aromatic N) is 4. The fourth-order valence-corrected chi connectivity index (χ4v) is 3.25. The molecule has 2 amide bonds. The second kappa shape index (κ2) is 9.94. The number of aliphatic imine (C=N–C) groups is 1. The van der Waals surface area contributed by atoms with Crippen LogP contribution in [0.25, 0.3) is 0 Å². The molecular formula is C20H31N5O2. The van der Waals surface area contributed by atoms with E-state index < -0.39 is 0 Å². The number of amides is 2. The summed E-state index contributed by atoms with van der Waals surface area (Å²) in [6.45, 7) is 8.92. The minimum Gasteiger partial charge on any atom is -0.356 e. The first-order valence-electron chi connectivity index (χ1n) is 9.67. The summed E-state index contributed by atoms with van der Waals surface area (Å²) in [5.74, 6) is 0.588. The van der Waals surface area contributed by atoms with Crippen LogP contribution in [0.4, 0.5) is 5.69 Å². The second-order valence-electron chi connectivity index (χ2n) is 6.52. The number of rotatable bonds is 7. The minimum absolute atomic E-state index is 0.0289. The van der Waals surface area contributed by atoms with Gasteiger partial charge in [-0.05, 0) is 38.8 Å². The molecule has 1 aromatic rings. The van der Waals surface area contributed by atoms with Crippen LogP contribution in [0.1, 0.15) is 26.3 Å². The smallest absolute Gasteiger partial charge is 0.248 e. The maximum absolute atomic E-state index is 12.7. The highest BCUT2D eigenvalue weighted by atomic mass is 16.2. The number of carbonyl (C=O) groups is 2. The van der Waals surface area contributed by atoms with Crippen LogP contribution in [0.5, 0.6) is 0 Å². The number of benzene rings is 1. The first kappa shape index (κ1) is 20.7. The van der Waals surface area contributed by atoms with E-state index in [1.807, 2.05) is 46.0 Å². The van der Waals surface area contributed by atoms with Crippen molar-refractivity contribution < 1.29 is 9.59 Å². The van der Waals surface area contributed by atoms with Crippen molar-refractivity contribution in [3.05, 3.63) is 29.8 Å². The van der Waals surface area contributed by atoms with Crippen molar-refractivity contribution in [1.82, 2.24) is 15.1 Å². The number of likely N-dealkylation sites (N-methyl/N-ethyl adjacent to an activating group) is 2. The highest BCUT2D eigenvalue weighted by Gasteiger charge is 2.24. The summed E-state index contributed by atoms with van der Waals surface area (Å²) in [4.78, 5) is 34.8. The fraction of sp³-hybridized carbons (Fsp3) is 0.550. The van der Waals surface area contributed by atoms with Crippen LogP contribution in [0.3, 0.4) is 0 Å². The third kappa shape index (κ3) is 5.21. The molecule has 0 bridgehead atoms. The molecule has 1 aliphatic heterocycles. The number of nitrogens with one attached hydrogen (secondary N) is 1. The first-order valence-corrected chi connectivity index (χ1v) is 9.67. The largest absolute Gasteiger partial charge is 0.356 e. The number of anilines is 1. The SMILES string of the molecule is CCNC(=NCC(=O)N1CCc2ccccc21)N(C)CC(=O)N(CC)CC. The molecule has 0 aliphatic carbocycles. The molecule has 1 N–H and O–H groups in total. The summed E-state index contributed by atoms with van der Waals surface area (Å²) in [5, 5.41) is 3.16. The number of hydrogen-bond acceptors (Lipinski definition) is 3. The molecule has 0 saturated carbocycles. The molecule has 7 heteroatoms. The molecule has 1 heterocycles. The van der Waals surface area contributed by atoms with Crippen LogP contribution in [-0.2, 0) is 16.0 Å². The van der Waals surface area contributed by atoms with Crippen LogP contribution >= 0.6 is 0 Å². The van der Waals surface area contributed by atoms with Crippen LogP contribution in [-0.4, -0.2) is 73.9 Å². The van der Waals surface area contributed by atoms with Crippen molar-refractivity contribution in [3.8, 4) is 0 Å². The molecule has 27 heavy (non-hydrogen) atoms. The molecule has 0 aromatic heterocycles. The van der Waals surface area contributed by atoms with Crippen molar-refractivity contribution in [2.75, 3.05) is 51.2 Å². The monoisotopic (exact) mass is 373 g/mol. The predicted molar refractivity (Wildman–Crippen MR) is 109 cm³/mol. The maximum atomic E-state index is 12.7. The topological polar surface area (TPSA) is 68.2 Å². The number of hydrogen-bond donors (Lipinski definition) is 1. The van der Waals surface area contributed by atoms with E-state index >= 15 is 0 Å². The summed E-state index contributed by atoms with van der Waals surface area (Å²) in [7, 11) is 1.82. The highest BCUT2D eigenvalue weighted by molar-refractivity contribution is 5.98. The molecule has 0 atom stereocenters. The van der Waals surface area contributed by atoms with E-state index in [1.54, 1.807) is 14.7 Å². The van der Waals surface area contributed by atoms with Gasteiger partial charge < -0.3 is 20.0 Å². The summed E-state index contributed by atoms with van der Waals surface area (Å²) >= 11 is 0. The van der Waals surface area contributed by atoms with Gasteiger partial charge in [0, 0.05) is 38.9 Å². The van der Waals surface area contributed by atoms with E-state index in [0.29, 0.717) is 32.1 Å². The standard InChI is InChI=1S/C20H31N5O2/c1-5-21-20(23(4)15-19(27)24(6-2)7-3)22-14-18(26)25-13-12-16-10-8-9-11-17(16)25/h8-11H,5-7,12-15H2,1-4H3,(H,21,22). The van der Waals surface area contributed by atoms with E-state index in [-0.39, 0.29) is 24.9 Å². The lowest BCUT2D eigenvalue weighted by molar-refractivity contribution is -0.131. The molecule has 2 rings (SSSR count). The zero-order chi connectivity index (χ0) is 19.8. The molecule has 0 unspecified atom stereocenters. The van der Waals surface area contributed by atoms with Crippen molar-refractivity contribution in [2.24, 2.45) is 4.99 Å². The van der Waals surface area contributed by atoms with Gasteiger partial charge in [-0.3, -0.25) is 9.59 Å². The Labute approximate surface area is 162 Å². The van der Waals surface area contributed by atoms with Crippen molar-refractivity contribution in [1.29, 1.82) is 0 Å². The molecule has 148 valence electrons. The van der Waals surface area contributed by atoms with Gasteiger partial charge in [-0.1, -0.05) is 18.2 Å². The summed E-state index contributed by atoms with van der Waals surface area (Å²) in [6.07, 6.45) is 0.879. The Morgan fingerprint density at radius 3 is 2.56 bits per heavy atom. The average Bonchev–Trinajstić information content (AvgIpc) is 3.10. The summed E-state index contributed by atoms with van der Waals surface area (Å²) in [6, 6.07) is 7.98. The van der Waals surface area contributed by atoms with Crippen LogP contribution in [0.2, 0.25) is 0 Å². The molecule has 0 spiro atoms. The lowest BCUT2D eigenvalue weighted by Crippen LogP contribution is -2.46. The van der Waals surface area contributed by atoms with Crippen molar-refractivity contribution in [2.45, 2.75) is 27.2 Å². The van der Waals surface area contributed by atoms with E-state index in [0.717, 1.165) is 12.1 Å². The molecule has 0 fully saturated rings. The van der Waals surface area contributed by atoms with Gasteiger partial charge in [0.15, 0.2) is 5.96 Å². The quantitative estimate of drug-likeness (QED) is 0.579. The second-order valence-corrected chi connectivity index (χ2v) is 6.52. The lowest BCUT2D eigenvalue weighted by Gasteiger charge is -2.25. The fourth-order valence-electron chi connectivity index (χ4n) is 3.25. The van der Waals surface area contributed by atoms with Crippen LogP contribution in [0, 0.1) is 0 Å². The molecule has 1 aromatic carbocycles. The highest BCUT2D eigenvalue weighted by Crippen LogP contribution is 2.27. The average molecular weight is 374 g/mol. The zero-order valence-corrected chi connectivity index (χ0v) is 16.9. The van der Waals surface area contributed by atoms with Gasteiger partial charge in [-0.25, -0.2) is 4.99 Å². The van der Waals surface area contributed by atoms with E-state index in [4.69, 9.17) is 0 Å². The predicted octanol–water partition coefficient (Wildman–Crippen LogP) is 1.34. The van der Waals surface area contributed by atoms with Gasteiger partial charge in [-0.2, -0.15) is 0 Å². The molecular weight excluding hydrogens is 342 g/mol. The Morgan fingerprint density at radius 1 is 1.19 bits per heavy atom. The number of para-hydroxylation sites is 1.